The van der Waals surface area contributed by atoms with Crippen LogP contribution in [0.4, 0.5) is 18.9 Å². The molecule has 0 saturated carbocycles. The molecule has 0 bridgehead atoms. The van der Waals surface area contributed by atoms with Crippen molar-refractivity contribution in [2.45, 2.75) is 12.8 Å². The lowest BCUT2D eigenvalue weighted by Gasteiger charge is -2.34. The van der Waals surface area contributed by atoms with Crippen LogP contribution in [0.15, 0.2) is 12.1 Å². The summed E-state index contributed by atoms with van der Waals surface area (Å²) < 4.78 is 45.0. The van der Waals surface area contributed by atoms with Crippen molar-refractivity contribution in [3.63, 3.8) is 0 Å². The highest BCUT2D eigenvalue weighted by molar-refractivity contribution is 5.95. The van der Waals surface area contributed by atoms with Crippen molar-refractivity contribution >= 4 is 11.6 Å². The maximum absolute atomic E-state index is 13.5. The van der Waals surface area contributed by atoms with Gasteiger partial charge in [-0.15, -0.1) is 0 Å². The zero-order chi connectivity index (χ0) is 14.8. The molecule has 1 aromatic carbocycles. The van der Waals surface area contributed by atoms with Gasteiger partial charge in [0.25, 0.3) is 0 Å². The van der Waals surface area contributed by atoms with Crippen molar-refractivity contribution in [3.8, 4) is 0 Å². The second kappa shape index (κ2) is 5.80. The summed E-state index contributed by atoms with van der Waals surface area (Å²) >= 11 is 0. The predicted molar refractivity (Wildman–Crippen MR) is 66.5 cm³/mol. The van der Waals surface area contributed by atoms with Gasteiger partial charge >= 0.3 is 0 Å². The lowest BCUT2D eigenvalue weighted by atomic mass is 9.79. The normalized spacial score (nSPS) is 17.8. The van der Waals surface area contributed by atoms with E-state index in [9.17, 15) is 18.0 Å². The number of rotatable bonds is 3. The van der Waals surface area contributed by atoms with E-state index in [1.54, 1.807) is 0 Å². The molecule has 0 unspecified atom stereocenters. The molecule has 1 aliphatic heterocycles. The van der Waals surface area contributed by atoms with Crippen LogP contribution in [0.2, 0.25) is 0 Å². The number of amides is 1. The number of nitrogens with one attached hydrogen (secondary N) is 1. The summed E-state index contributed by atoms with van der Waals surface area (Å²) in [6.45, 7) is 0.768. The Kier molecular flexibility index (Phi) is 4.29. The SMILES string of the molecule is NCC1(C(=O)Nc2c(F)cc(F)cc2F)CCOCC1. The minimum absolute atomic E-state index is 0.0482. The molecule has 1 saturated heterocycles. The van der Waals surface area contributed by atoms with Crippen molar-refractivity contribution < 1.29 is 22.7 Å². The summed E-state index contributed by atoms with van der Waals surface area (Å²) in [6.07, 6.45) is 0.750. The van der Waals surface area contributed by atoms with Crippen LogP contribution in [-0.2, 0) is 9.53 Å². The number of carbonyl (C=O) groups excluding carboxylic acids is 1. The average molecular weight is 288 g/mol. The van der Waals surface area contributed by atoms with Gasteiger partial charge < -0.3 is 15.8 Å². The Bertz CT molecular complexity index is 493. The first kappa shape index (κ1) is 14.8. The van der Waals surface area contributed by atoms with E-state index in [2.05, 4.69) is 5.32 Å². The Morgan fingerprint density at radius 3 is 2.30 bits per heavy atom. The Morgan fingerprint density at radius 2 is 1.80 bits per heavy atom. The van der Waals surface area contributed by atoms with Gasteiger partial charge in [0.15, 0.2) is 11.6 Å². The average Bonchev–Trinajstić information content (AvgIpc) is 2.43. The zero-order valence-electron chi connectivity index (χ0n) is 10.7. The standard InChI is InChI=1S/C13H15F3N2O2/c14-8-5-9(15)11(10(16)6-8)18-12(19)13(7-17)1-3-20-4-2-13/h5-6H,1-4,7,17H2,(H,18,19). The molecular formula is C13H15F3N2O2. The second-order valence-electron chi connectivity index (χ2n) is 4.80. The number of ether oxygens (including phenoxy) is 1. The fourth-order valence-electron chi connectivity index (χ4n) is 2.19. The van der Waals surface area contributed by atoms with Crippen molar-refractivity contribution in [2.75, 3.05) is 25.1 Å². The molecule has 3 N–H and O–H groups in total. The minimum Gasteiger partial charge on any atom is -0.381 e. The number of hydrogen-bond donors (Lipinski definition) is 2. The highest BCUT2D eigenvalue weighted by Crippen LogP contribution is 2.32. The van der Waals surface area contributed by atoms with Crippen molar-refractivity contribution in [1.82, 2.24) is 0 Å². The summed E-state index contributed by atoms with van der Waals surface area (Å²) in [4.78, 5) is 12.2. The molecule has 0 aromatic heterocycles. The van der Waals surface area contributed by atoms with Gasteiger partial charge in [-0.3, -0.25) is 4.79 Å². The number of anilines is 1. The van der Waals surface area contributed by atoms with Crippen LogP contribution in [0.25, 0.3) is 0 Å². The number of benzene rings is 1. The van der Waals surface area contributed by atoms with E-state index in [0.717, 1.165) is 0 Å². The zero-order valence-corrected chi connectivity index (χ0v) is 10.7. The number of nitrogens with two attached hydrogens (primary N) is 1. The third-order valence-corrected chi connectivity index (χ3v) is 3.57. The molecule has 0 aliphatic carbocycles. The predicted octanol–water partition coefficient (Wildman–Crippen LogP) is 1.80. The fraction of sp³-hybridized carbons (Fsp3) is 0.462. The summed E-state index contributed by atoms with van der Waals surface area (Å²) in [7, 11) is 0. The van der Waals surface area contributed by atoms with Crippen molar-refractivity contribution in [3.05, 3.63) is 29.6 Å². The van der Waals surface area contributed by atoms with Gasteiger partial charge in [0.1, 0.15) is 11.5 Å². The van der Waals surface area contributed by atoms with Gasteiger partial charge in [-0.1, -0.05) is 0 Å². The fourth-order valence-corrected chi connectivity index (χ4v) is 2.19. The molecule has 0 radical (unpaired) electrons. The van der Waals surface area contributed by atoms with Gasteiger partial charge in [-0.25, -0.2) is 13.2 Å². The van der Waals surface area contributed by atoms with E-state index in [0.29, 0.717) is 38.2 Å². The van der Waals surface area contributed by atoms with Crippen LogP contribution in [0.5, 0.6) is 0 Å². The second-order valence-corrected chi connectivity index (χ2v) is 4.80. The van der Waals surface area contributed by atoms with E-state index in [-0.39, 0.29) is 6.54 Å². The third kappa shape index (κ3) is 2.78. The van der Waals surface area contributed by atoms with Crippen molar-refractivity contribution in [1.29, 1.82) is 0 Å². The maximum Gasteiger partial charge on any atom is 0.232 e. The molecule has 1 heterocycles. The first-order valence-electron chi connectivity index (χ1n) is 6.22. The van der Waals surface area contributed by atoms with E-state index in [1.165, 1.54) is 0 Å². The highest BCUT2D eigenvalue weighted by Gasteiger charge is 2.39. The van der Waals surface area contributed by atoms with E-state index in [1.807, 2.05) is 0 Å². The van der Waals surface area contributed by atoms with Gasteiger partial charge in [-0.2, -0.15) is 0 Å². The summed E-state index contributed by atoms with van der Waals surface area (Å²) in [5, 5.41) is 2.18. The summed E-state index contributed by atoms with van der Waals surface area (Å²) in [5.41, 5.74) is 4.06. The molecule has 4 nitrogen and oxygen atoms in total. The monoisotopic (exact) mass is 288 g/mol. The van der Waals surface area contributed by atoms with Crippen LogP contribution in [-0.4, -0.2) is 25.7 Å². The topological polar surface area (TPSA) is 64.4 Å². The van der Waals surface area contributed by atoms with Gasteiger partial charge in [0, 0.05) is 31.9 Å². The lowest BCUT2D eigenvalue weighted by Crippen LogP contribution is -2.46. The molecule has 7 heteroatoms. The van der Waals surface area contributed by atoms with Crippen LogP contribution < -0.4 is 11.1 Å². The lowest BCUT2D eigenvalue weighted by molar-refractivity contribution is -0.130. The van der Waals surface area contributed by atoms with Gasteiger partial charge in [0.2, 0.25) is 5.91 Å². The van der Waals surface area contributed by atoms with E-state index in [4.69, 9.17) is 10.5 Å². The Labute approximate surface area is 114 Å². The first-order chi connectivity index (χ1) is 9.48. The van der Waals surface area contributed by atoms with Crippen molar-refractivity contribution in [2.24, 2.45) is 11.1 Å². The molecule has 0 atom stereocenters. The largest absolute Gasteiger partial charge is 0.381 e. The smallest absolute Gasteiger partial charge is 0.232 e. The van der Waals surface area contributed by atoms with Crippen LogP contribution in [0, 0.1) is 22.9 Å². The molecule has 1 aliphatic rings. The van der Waals surface area contributed by atoms with Gasteiger partial charge in [0.05, 0.1) is 5.41 Å². The highest BCUT2D eigenvalue weighted by atomic mass is 19.1. The minimum atomic E-state index is -1.16. The number of carbonyl (C=O) groups is 1. The molecule has 0 spiro atoms. The third-order valence-electron chi connectivity index (χ3n) is 3.57. The molecule has 1 amide bonds. The Morgan fingerprint density at radius 1 is 1.25 bits per heavy atom. The summed E-state index contributed by atoms with van der Waals surface area (Å²) in [6, 6.07) is 1.02. The van der Waals surface area contributed by atoms with Crippen LogP contribution >= 0.6 is 0 Å². The number of hydrogen-bond acceptors (Lipinski definition) is 3. The van der Waals surface area contributed by atoms with Gasteiger partial charge in [-0.05, 0) is 12.8 Å². The summed E-state index contributed by atoms with van der Waals surface area (Å²) in [5.74, 6) is -3.93. The first-order valence-corrected chi connectivity index (χ1v) is 6.22. The Balaban J connectivity index is 2.23. The maximum atomic E-state index is 13.5. The molecule has 1 fully saturated rings. The molecule has 1 aromatic rings. The molecule has 2 rings (SSSR count). The molecule has 20 heavy (non-hydrogen) atoms. The van der Waals surface area contributed by atoms with E-state index >= 15 is 0 Å². The van der Waals surface area contributed by atoms with E-state index < -0.39 is 34.5 Å². The van der Waals surface area contributed by atoms with Crippen LogP contribution in [0.3, 0.4) is 0 Å². The van der Waals surface area contributed by atoms with Crippen LogP contribution in [0.1, 0.15) is 12.8 Å². The molecule has 110 valence electrons. The number of halogens is 3. The Hall–Kier alpha value is -1.60. The molecular weight excluding hydrogens is 273 g/mol. The quantitative estimate of drug-likeness (QED) is 0.891.